The topological polar surface area (TPSA) is 0 Å². The second kappa shape index (κ2) is 4.04. The third-order valence-electron chi connectivity index (χ3n) is 4.10. The zero-order chi connectivity index (χ0) is 10.1. The van der Waals surface area contributed by atoms with Gasteiger partial charge in [-0.1, -0.05) is 38.5 Å². The lowest BCUT2D eigenvalue weighted by Crippen LogP contribution is -2.58. The van der Waals surface area contributed by atoms with Crippen LogP contribution < -0.4 is 0 Å². The summed E-state index contributed by atoms with van der Waals surface area (Å²) in [5.74, 6) is 0. The van der Waals surface area contributed by atoms with Crippen LogP contribution in [0.1, 0.15) is 38.5 Å². The molecular formula is C10H20F2Si2. The van der Waals surface area contributed by atoms with E-state index in [0.717, 1.165) is 38.5 Å². The molecule has 0 atom stereocenters. The maximum Gasteiger partial charge on any atom is 0.271 e. The standard InChI is InChI=1S/C10H20F2Si2/c11-13(7-3-1-4-8-13)14(12)9-5-2-6-10-14/h1-10H2. The quantitative estimate of drug-likeness (QED) is 0.470. The van der Waals surface area contributed by atoms with Crippen LogP contribution in [0.3, 0.4) is 0 Å². The van der Waals surface area contributed by atoms with Crippen molar-refractivity contribution in [3.63, 3.8) is 0 Å². The fourth-order valence-electron chi connectivity index (χ4n) is 3.12. The molecule has 2 aliphatic heterocycles. The summed E-state index contributed by atoms with van der Waals surface area (Å²) >= 11 is 0. The van der Waals surface area contributed by atoms with Crippen molar-refractivity contribution in [1.82, 2.24) is 0 Å². The van der Waals surface area contributed by atoms with Crippen LogP contribution in [-0.2, 0) is 0 Å². The lowest BCUT2D eigenvalue weighted by Gasteiger charge is -2.39. The molecule has 2 saturated heterocycles. The predicted octanol–water partition coefficient (Wildman–Crippen LogP) is 4.26. The van der Waals surface area contributed by atoms with Crippen molar-refractivity contribution in [2.45, 2.75) is 62.7 Å². The van der Waals surface area contributed by atoms with E-state index < -0.39 is 15.9 Å². The first-order valence-corrected chi connectivity index (χ1v) is 11.6. The first-order chi connectivity index (χ1) is 6.66. The fraction of sp³-hybridized carbons (Fsp3) is 1.00. The molecular weight excluding hydrogens is 214 g/mol. The average molecular weight is 234 g/mol. The Morgan fingerprint density at radius 1 is 0.500 bits per heavy atom. The molecule has 14 heavy (non-hydrogen) atoms. The molecule has 2 rings (SSSR count). The zero-order valence-electron chi connectivity index (χ0n) is 8.83. The number of hydrogen-bond donors (Lipinski definition) is 0. The van der Waals surface area contributed by atoms with Crippen molar-refractivity contribution in [1.29, 1.82) is 0 Å². The van der Waals surface area contributed by atoms with Crippen LogP contribution >= 0.6 is 0 Å². The van der Waals surface area contributed by atoms with Gasteiger partial charge in [0, 0.05) is 0 Å². The van der Waals surface area contributed by atoms with E-state index in [2.05, 4.69) is 0 Å². The van der Waals surface area contributed by atoms with E-state index in [1.54, 1.807) is 0 Å². The van der Waals surface area contributed by atoms with Gasteiger partial charge in [0.05, 0.1) is 0 Å². The van der Waals surface area contributed by atoms with Gasteiger partial charge in [-0.15, -0.1) is 0 Å². The molecule has 0 aromatic heterocycles. The van der Waals surface area contributed by atoms with Crippen molar-refractivity contribution >= 4 is 15.9 Å². The zero-order valence-corrected chi connectivity index (χ0v) is 10.8. The van der Waals surface area contributed by atoms with Crippen molar-refractivity contribution in [3.05, 3.63) is 0 Å². The van der Waals surface area contributed by atoms with E-state index >= 15 is 0 Å². The second-order valence-corrected chi connectivity index (χ2v) is 16.3. The van der Waals surface area contributed by atoms with Crippen LogP contribution in [0.4, 0.5) is 8.22 Å². The van der Waals surface area contributed by atoms with Gasteiger partial charge in [0.1, 0.15) is 0 Å². The highest BCUT2D eigenvalue weighted by Crippen LogP contribution is 2.44. The van der Waals surface area contributed by atoms with E-state index in [9.17, 15) is 8.22 Å². The van der Waals surface area contributed by atoms with Gasteiger partial charge < -0.3 is 8.22 Å². The summed E-state index contributed by atoms with van der Waals surface area (Å²) in [7, 11) is -5.78. The molecule has 0 N–H and O–H groups in total. The number of rotatable bonds is 1. The summed E-state index contributed by atoms with van der Waals surface area (Å²) in [6, 6.07) is 2.65. The summed E-state index contributed by atoms with van der Waals surface area (Å²) < 4.78 is 29.3. The van der Waals surface area contributed by atoms with Crippen molar-refractivity contribution < 1.29 is 8.22 Å². The van der Waals surface area contributed by atoms with Crippen molar-refractivity contribution in [3.8, 4) is 0 Å². The fourth-order valence-corrected chi connectivity index (χ4v) is 16.2. The predicted molar refractivity (Wildman–Crippen MR) is 60.7 cm³/mol. The summed E-state index contributed by atoms with van der Waals surface area (Å²) in [5, 5.41) is 0. The minimum absolute atomic E-state index is 0.662. The molecule has 2 heterocycles. The Morgan fingerprint density at radius 3 is 1.07 bits per heavy atom. The lowest BCUT2D eigenvalue weighted by molar-refractivity contribution is 0.602. The minimum Gasteiger partial charge on any atom is -0.314 e. The van der Waals surface area contributed by atoms with Gasteiger partial charge in [0.2, 0.25) is 0 Å². The summed E-state index contributed by atoms with van der Waals surface area (Å²) in [6.07, 6.45) is 6.18. The Kier molecular flexibility index (Phi) is 3.12. The second-order valence-electron chi connectivity index (χ2n) is 5.05. The summed E-state index contributed by atoms with van der Waals surface area (Å²) in [6.45, 7) is 0. The smallest absolute Gasteiger partial charge is 0.271 e. The third kappa shape index (κ3) is 1.83. The average Bonchev–Trinajstić information content (AvgIpc) is 2.20. The van der Waals surface area contributed by atoms with E-state index in [-0.39, 0.29) is 0 Å². The molecule has 2 aliphatic rings. The largest absolute Gasteiger partial charge is 0.314 e. The molecule has 0 aromatic rings. The van der Waals surface area contributed by atoms with Crippen molar-refractivity contribution in [2.24, 2.45) is 0 Å². The molecule has 0 nitrogen and oxygen atoms in total. The highest BCUT2D eigenvalue weighted by molar-refractivity contribution is 7.37. The molecule has 0 radical (unpaired) electrons. The van der Waals surface area contributed by atoms with Crippen LogP contribution in [0.5, 0.6) is 0 Å². The number of hydrogen-bond acceptors (Lipinski definition) is 0. The van der Waals surface area contributed by atoms with E-state index in [0.29, 0.717) is 24.2 Å². The molecule has 82 valence electrons. The van der Waals surface area contributed by atoms with Crippen LogP contribution in [0.2, 0.25) is 24.2 Å². The van der Waals surface area contributed by atoms with Crippen LogP contribution in [-0.4, -0.2) is 15.9 Å². The van der Waals surface area contributed by atoms with Gasteiger partial charge in [-0.25, -0.2) is 0 Å². The Morgan fingerprint density at radius 2 is 0.786 bits per heavy atom. The number of halogens is 2. The SMILES string of the molecule is F[Si]1([Si]2(F)CCCCC2)CCCCC1. The lowest BCUT2D eigenvalue weighted by atomic mass is 10.3. The van der Waals surface area contributed by atoms with Gasteiger partial charge in [0.15, 0.2) is 0 Å². The molecule has 0 aromatic carbocycles. The molecule has 0 bridgehead atoms. The Bertz CT molecular complexity index is 174. The van der Waals surface area contributed by atoms with Crippen molar-refractivity contribution in [2.75, 3.05) is 0 Å². The van der Waals surface area contributed by atoms with Gasteiger partial charge >= 0.3 is 0 Å². The highest BCUT2D eigenvalue weighted by Gasteiger charge is 2.59. The maximum absolute atomic E-state index is 14.7. The molecule has 0 spiro atoms. The van der Waals surface area contributed by atoms with Gasteiger partial charge in [-0.05, 0) is 24.2 Å². The third-order valence-corrected chi connectivity index (χ3v) is 18.1. The Hall–Kier alpha value is 0.294. The normalized spacial score (nSPS) is 31.3. The summed E-state index contributed by atoms with van der Waals surface area (Å²) in [5.41, 5.74) is 0. The molecule has 0 unspecified atom stereocenters. The van der Waals surface area contributed by atoms with E-state index in [1.165, 1.54) is 0 Å². The van der Waals surface area contributed by atoms with Gasteiger partial charge in [-0.3, -0.25) is 0 Å². The molecule has 0 amide bonds. The maximum atomic E-state index is 14.7. The van der Waals surface area contributed by atoms with E-state index in [4.69, 9.17) is 0 Å². The van der Waals surface area contributed by atoms with Crippen LogP contribution in [0.25, 0.3) is 0 Å². The monoisotopic (exact) mass is 234 g/mol. The van der Waals surface area contributed by atoms with E-state index in [1.807, 2.05) is 0 Å². The summed E-state index contributed by atoms with van der Waals surface area (Å²) in [4.78, 5) is 0. The van der Waals surface area contributed by atoms with Gasteiger partial charge in [-0.2, -0.15) is 0 Å². The minimum atomic E-state index is -2.89. The Labute approximate surface area is 87.2 Å². The molecule has 4 heteroatoms. The van der Waals surface area contributed by atoms with Gasteiger partial charge in [0.25, 0.3) is 15.9 Å². The Balaban J connectivity index is 2.09. The van der Waals surface area contributed by atoms with Crippen LogP contribution in [0, 0.1) is 0 Å². The molecule has 0 saturated carbocycles. The first-order valence-electron chi connectivity index (χ1n) is 6.04. The van der Waals surface area contributed by atoms with Crippen LogP contribution in [0.15, 0.2) is 0 Å². The molecule has 0 aliphatic carbocycles. The highest BCUT2D eigenvalue weighted by atomic mass is 29.3. The molecule has 2 fully saturated rings. The first kappa shape index (κ1) is 10.8.